The van der Waals surface area contributed by atoms with Crippen LogP contribution in [0.2, 0.25) is 5.02 Å². The van der Waals surface area contributed by atoms with Crippen LogP contribution in [-0.4, -0.2) is 34.6 Å². The van der Waals surface area contributed by atoms with Crippen molar-refractivity contribution in [2.24, 2.45) is 0 Å². The third-order valence-electron chi connectivity index (χ3n) is 4.61. The lowest BCUT2D eigenvalue weighted by molar-refractivity contribution is -0.138. The fraction of sp³-hybridized carbons (Fsp3) is 0.391. The minimum absolute atomic E-state index is 0.0196. The predicted molar refractivity (Wildman–Crippen MR) is 122 cm³/mol. The van der Waals surface area contributed by atoms with Gasteiger partial charge in [-0.1, -0.05) is 47.5 Å². The standard InChI is InChI=1S/C23H28ClFN2O2S/c1-15(2)26-23(29)17(4)27(12-18-10-8-16(3)9-11-18)22(28)14-30-13-19-20(24)6-5-7-21(19)25/h5-11,15,17H,12-14H2,1-4H3,(H,26,29)/t17-/m1/s1. The molecule has 0 heterocycles. The lowest BCUT2D eigenvalue weighted by Gasteiger charge is -2.29. The van der Waals surface area contributed by atoms with Crippen molar-refractivity contribution in [1.82, 2.24) is 10.2 Å². The number of amides is 2. The lowest BCUT2D eigenvalue weighted by atomic mass is 10.1. The zero-order valence-electron chi connectivity index (χ0n) is 17.7. The lowest BCUT2D eigenvalue weighted by Crippen LogP contribution is -2.49. The molecule has 7 heteroatoms. The third-order valence-corrected chi connectivity index (χ3v) is 5.90. The number of hydrogen-bond donors (Lipinski definition) is 1. The SMILES string of the molecule is Cc1ccc(CN(C(=O)CSCc2c(F)cccc2Cl)[C@H](C)C(=O)NC(C)C)cc1. The van der Waals surface area contributed by atoms with Crippen molar-refractivity contribution < 1.29 is 14.0 Å². The number of halogens is 2. The molecule has 0 aliphatic rings. The molecular weight excluding hydrogens is 423 g/mol. The molecule has 2 rings (SSSR count). The largest absolute Gasteiger partial charge is 0.352 e. The van der Waals surface area contributed by atoms with Crippen molar-refractivity contribution in [3.8, 4) is 0 Å². The van der Waals surface area contributed by atoms with Gasteiger partial charge >= 0.3 is 0 Å². The minimum Gasteiger partial charge on any atom is -0.352 e. The van der Waals surface area contributed by atoms with E-state index >= 15 is 0 Å². The van der Waals surface area contributed by atoms with Crippen molar-refractivity contribution in [2.75, 3.05) is 5.75 Å². The van der Waals surface area contributed by atoms with Gasteiger partial charge in [-0.05, 0) is 45.4 Å². The molecule has 162 valence electrons. The molecule has 0 aromatic heterocycles. The van der Waals surface area contributed by atoms with E-state index in [4.69, 9.17) is 11.6 Å². The Kier molecular flexibility index (Phi) is 9.18. The van der Waals surface area contributed by atoms with Crippen LogP contribution in [0.3, 0.4) is 0 Å². The van der Waals surface area contributed by atoms with Crippen molar-refractivity contribution >= 4 is 35.2 Å². The Hall–Kier alpha value is -2.05. The summed E-state index contributed by atoms with van der Waals surface area (Å²) in [5.41, 5.74) is 2.45. The summed E-state index contributed by atoms with van der Waals surface area (Å²) >= 11 is 7.35. The van der Waals surface area contributed by atoms with E-state index in [1.54, 1.807) is 24.0 Å². The molecule has 0 unspecified atom stereocenters. The molecule has 4 nitrogen and oxygen atoms in total. The van der Waals surface area contributed by atoms with Gasteiger partial charge in [0.2, 0.25) is 11.8 Å². The molecule has 0 radical (unpaired) electrons. The maximum atomic E-state index is 14.0. The highest BCUT2D eigenvalue weighted by molar-refractivity contribution is 7.99. The first-order valence-corrected chi connectivity index (χ1v) is 11.4. The number of hydrogen-bond acceptors (Lipinski definition) is 3. The van der Waals surface area contributed by atoms with E-state index < -0.39 is 6.04 Å². The Labute approximate surface area is 187 Å². The van der Waals surface area contributed by atoms with E-state index in [2.05, 4.69) is 5.32 Å². The van der Waals surface area contributed by atoms with E-state index in [0.717, 1.165) is 11.1 Å². The van der Waals surface area contributed by atoms with Gasteiger partial charge in [-0.2, -0.15) is 0 Å². The van der Waals surface area contributed by atoms with Crippen molar-refractivity contribution in [3.05, 3.63) is 70.0 Å². The number of carbonyl (C=O) groups is 2. The number of nitrogens with zero attached hydrogens (tertiary/aromatic N) is 1. The normalized spacial score (nSPS) is 12.0. The number of thioether (sulfide) groups is 1. The summed E-state index contributed by atoms with van der Waals surface area (Å²) in [6.45, 7) is 7.81. The van der Waals surface area contributed by atoms with Gasteiger partial charge in [-0.15, -0.1) is 11.8 Å². The van der Waals surface area contributed by atoms with Crippen LogP contribution in [-0.2, 0) is 21.9 Å². The molecule has 0 saturated carbocycles. The van der Waals surface area contributed by atoms with Gasteiger partial charge in [-0.25, -0.2) is 4.39 Å². The second-order valence-electron chi connectivity index (χ2n) is 7.54. The summed E-state index contributed by atoms with van der Waals surface area (Å²) in [7, 11) is 0. The van der Waals surface area contributed by atoms with Crippen LogP contribution in [0.25, 0.3) is 0 Å². The van der Waals surface area contributed by atoms with Crippen molar-refractivity contribution in [2.45, 2.75) is 52.1 Å². The molecule has 30 heavy (non-hydrogen) atoms. The molecule has 2 aromatic carbocycles. The monoisotopic (exact) mass is 450 g/mol. The van der Waals surface area contributed by atoms with Crippen LogP contribution < -0.4 is 5.32 Å². The second kappa shape index (κ2) is 11.4. The fourth-order valence-electron chi connectivity index (χ4n) is 2.87. The maximum Gasteiger partial charge on any atom is 0.242 e. The van der Waals surface area contributed by atoms with Crippen LogP contribution in [0.4, 0.5) is 4.39 Å². The number of aryl methyl sites for hydroxylation is 1. The highest BCUT2D eigenvalue weighted by atomic mass is 35.5. The fourth-order valence-corrected chi connectivity index (χ4v) is 4.12. The minimum atomic E-state index is -0.626. The molecule has 0 aliphatic heterocycles. The smallest absolute Gasteiger partial charge is 0.242 e. The summed E-state index contributed by atoms with van der Waals surface area (Å²) in [4.78, 5) is 27.1. The number of nitrogens with one attached hydrogen (secondary N) is 1. The molecule has 2 aromatic rings. The van der Waals surface area contributed by atoms with Crippen LogP contribution in [0.1, 0.15) is 37.5 Å². The topological polar surface area (TPSA) is 49.4 Å². The van der Waals surface area contributed by atoms with E-state index in [9.17, 15) is 14.0 Å². The first kappa shape index (κ1) is 24.2. The van der Waals surface area contributed by atoms with Gasteiger partial charge in [0.1, 0.15) is 11.9 Å². The van der Waals surface area contributed by atoms with E-state index in [1.165, 1.54) is 17.8 Å². The Morgan fingerprint density at radius 2 is 1.80 bits per heavy atom. The zero-order chi connectivity index (χ0) is 22.3. The third kappa shape index (κ3) is 7.03. The summed E-state index contributed by atoms with van der Waals surface area (Å²) in [6, 6.07) is 11.7. The first-order valence-electron chi connectivity index (χ1n) is 9.85. The zero-order valence-corrected chi connectivity index (χ0v) is 19.3. The molecule has 0 bridgehead atoms. The summed E-state index contributed by atoms with van der Waals surface area (Å²) in [5.74, 6) is -0.367. The second-order valence-corrected chi connectivity index (χ2v) is 8.93. The maximum absolute atomic E-state index is 14.0. The van der Waals surface area contributed by atoms with Crippen LogP contribution in [0, 0.1) is 12.7 Å². The summed E-state index contributed by atoms with van der Waals surface area (Å²) < 4.78 is 14.0. The molecule has 0 spiro atoms. The van der Waals surface area contributed by atoms with E-state index in [-0.39, 0.29) is 35.2 Å². The average Bonchev–Trinajstić information content (AvgIpc) is 2.68. The molecule has 1 atom stereocenters. The molecule has 2 amide bonds. The van der Waals surface area contributed by atoms with Gasteiger partial charge < -0.3 is 10.2 Å². The van der Waals surface area contributed by atoms with Crippen molar-refractivity contribution in [3.63, 3.8) is 0 Å². The molecule has 1 N–H and O–H groups in total. The highest BCUT2D eigenvalue weighted by Gasteiger charge is 2.26. The van der Waals surface area contributed by atoms with E-state index in [1.807, 2.05) is 45.0 Å². The van der Waals surface area contributed by atoms with Gasteiger partial charge in [0.15, 0.2) is 0 Å². The Balaban J connectivity index is 2.10. The quantitative estimate of drug-likeness (QED) is 0.587. The first-order chi connectivity index (χ1) is 14.2. The van der Waals surface area contributed by atoms with Gasteiger partial charge in [0, 0.05) is 28.9 Å². The van der Waals surface area contributed by atoms with Crippen molar-refractivity contribution in [1.29, 1.82) is 0 Å². The van der Waals surface area contributed by atoms with Gasteiger partial charge in [-0.3, -0.25) is 9.59 Å². The molecule has 0 aliphatic carbocycles. The Morgan fingerprint density at radius 3 is 2.40 bits per heavy atom. The van der Waals surface area contributed by atoms with Crippen LogP contribution in [0.5, 0.6) is 0 Å². The highest BCUT2D eigenvalue weighted by Crippen LogP contribution is 2.24. The number of carbonyl (C=O) groups excluding carboxylic acids is 2. The van der Waals surface area contributed by atoms with Gasteiger partial charge in [0.05, 0.1) is 5.75 Å². The molecular formula is C23H28ClFN2O2S. The Bertz CT molecular complexity index is 854. The summed E-state index contributed by atoms with van der Waals surface area (Å²) in [5, 5.41) is 3.21. The predicted octanol–water partition coefficient (Wildman–Crippen LogP) is 4.96. The Morgan fingerprint density at radius 1 is 1.13 bits per heavy atom. The summed E-state index contributed by atoms with van der Waals surface area (Å²) in [6.07, 6.45) is 0. The average molecular weight is 451 g/mol. The number of rotatable bonds is 9. The number of benzene rings is 2. The van der Waals surface area contributed by atoms with Crippen LogP contribution >= 0.6 is 23.4 Å². The van der Waals surface area contributed by atoms with Crippen LogP contribution in [0.15, 0.2) is 42.5 Å². The van der Waals surface area contributed by atoms with Gasteiger partial charge in [0.25, 0.3) is 0 Å². The molecule has 0 fully saturated rings. The molecule has 0 saturated heterocycles. The van der Waals surface area contributed by atoms with E-state index in [0.29, 0.717) is 17.1 Å².